The van der Waals surface area contributed by atoms with E-state index in [1.807, 2.05) is 52.5 Å². The number of aromatic carboxylic acids is 1. The van der Waals surface area contributed by atoms with Crippen LogP contribution in [0, 0.1) is 5.92 Å². The van der Waals surface area contributed by atoms with Gasteiger partial charge in [0.25, 0.3) is 0 Å². The van der Waals surface area contributed by atoms with Crippen molar-refractivity contribution >= 4 is 28.9 Å². The van der Waals surface area contributed by atoms with E-state index < -0.39 is 5.97 Å². The van der Waals surface area contributed by atoms with Crippen LogP contribution in [0.15, 0.2) is 60.1 Å². The van der Waals surface area contributed by atoms with Crippen LogP contribution in [-0.2, 0) is 17.8 Å². The number of methoxy groups -OCH3 is 1. The average molecular weight is 463 g/mol. The molecule has 3 heterocycles. The largest absolute Gasteiger partial charge is 0.478 e. The fourth-order valence-electron chi connectivity index (χ4n) is 3.64. The molecule has 0 spiro atoms. The Balaban J connectivity index is 1.70. The molecule has 7 nitrogen and oxygen atoms in total. The molecule has 0 atom stereocenters. The highest BCUT2D eigenvalue weighted by Crippen LogP contribution is 2.29. The number of rotatable bonds is 9. The van der Waals surface area contributed by atoms with Gasteiger partial charge in [-0.05, 0) is 47.5 Å². The zero-order valence-electron chi connectivity index (χ0n) is 18.8. The fourth-order valence-corrected chi connectivity index (χ4v) is 4.35. The van der Waals surface area contributed by atoms with Crippen molar-refractivity contribution in [2.75, 3.05) is 12.4 Å². The van der Waals surface area contributed by atoms with Gasteiger partial charge in [-0.2, -0.15) is 0 Å². The highest BCUT2D eigenvalue weighted by Gasteiger charge is 2.17. The highest BCUT2D eigenvalue weighted by atomic mass is 32.1. The molecule has 1 aromatic carbocycles. The molecule has 0 unspecified atom stereocenters. The summed E-state index contributed by atoms with van der Waals surface area (Å²) in [7, 11) is 1.67. The highest BCUT2D eigenvalue weighted by molar-refractivity contribution is 7.13. The molecule has 33 heavy (non-hydrogen) atoms. The molecule has 0 bridgehead atoms. The van der Waals surface area contributed by atoms with Crippen molar-refractivity contribution in [3.63, 3.8) is 0 Å². The summed E-state index contributed by atoms with van der Waals surface area (Å²) in [5.74, 6) is 0.184. The van der Waals surface area contributed by atoms with Gasteiger partial charge in [0.2, 0.25) is 0 Å². The van der Waals surface area contributed by atoms with E-state index in [2.05, 4.69) is 24.1 Å². The number of carboxylic acids is 1. The minimum Gasteiger partial charge on any atom is -0.478 e. The maximum absolute atomic E-state index is 12.0. The van der Waals surface area contributed by atoms with Gasteiger partial charge < -0.3 is 15.2 Å². The van der Waals surface area contributed by atoms with Crippen molar-refractivity contribution in [3.8, 4) is 16.1 Å². The van der Waals surface area contributed by atoms with Crippen molar-refractivity contribution < 1.29 is 14.6 Å². The number of carboxylic acid groups (broad SMARTS) is 1. The molecule has 0 aliphatic heterocycles. The van der Waals surface area contributed by atoms with E-state index in [9.17, 15) is 9.90 Å². The summed E-state index contributed by atoms with van der Waals surface area (Å²) in [6.07, 6.45) is 2.50. The summed E-state index contributed by atoms with van der Waals surface area (Å²) >= 11 is 1.54. The van der Waals surface area contributed by atoms with Crippen LogP contribution < -0.4 is 5.32 Å². The number of nitrogens with zero attached hydrogens (tertiary/aromatic N) is 3. The molecule has 170 valence electrons. The summed E-state index contributed by atoms with van der Waals surface area (Å²) in [5, 5.41) is 19.6. The maximum Gasteiger partial charge on any atom is 0.339 e. The maximum atomic E-state index is 12.0. The Morgan fingerprint density at radius 3 is 2.76 bits per heavy atom. The summed E-state index contributed by atoms with van der Waals surface area (Å²) < 4.78 is 7.16. The molecule has 4 rings (SSSR count). The second kappa shape index (κ2) is 9.97. The van der Waals surface area contributed by atoms with Crippen molar-refractivity contribution in [1.29, 1.82) is 0 Å². The van der Waals surface area contributed by atoms with E-state index in [1.165, 1.54) is 0 Å². The van der Waals surface area contributed by atoms with Gasteiger partial charge in [0, 0.05) is 35.5 Å². The predicted molar refractivity (Wildman–Crippen MR) is 131 cm³/mol. The van der Waals surface area contributed by atoms with Gasteiger partial charge in [0.15, 0.2) is 5.82 Å². The zero-order chi connectivity index (χ0) is 23.4. The van der Waals surface area contributed by atoms with Crippen molar-refractivity contribution in [1.82, 2.24) is 14.8 Å². The summed E-state index contributed by atoms with van der Waals surface area (Å²) in [4.78, 5) is 17.3. The number of pyridine rings is 1. The Morgan fingerprint density at radius 2 is 2.06 bits per heavy atom. The molecular formula is C25H26N4O3S. The van der Waals surface area contributed by atoms with Gasteiger partial charge in [-0.3, -0.25) is 0 Å². The number of hydrogen-bond acceptors (Lipinski definition) is 6. The Bertz CT molecular complexity index is 1250. The Hall–Kier alpha value is -3.49. The standard InChI is InChI=1S/C25H26N4O3S/c1-16(2)10-20-13-23(28-29(20)19-7-4-6-17(11-19)15-32-3)27-24-21(25(30)31)12-18(14-26-24)22-8-5-9-33-22/h4-9,11-14,16H,10,15H2,1-3H3,(H,30,31)(H,26,27,28). The van der Waals surface area contributed by atoms with E-state index in [0.29, 0.717) is 18.3 Å². The second-order valence-corrected chi connectivity index (χ2v) is 9.11. The van der Waals surface area contributed by atoms with Crippen LogP contribution in [-0.4, -0.2) is 33.0 Å². The van der Waals surface area contributed by atoms with E-state index in [0.717, 1.165) is 33.8 Å². The van der Waals surface area contributed by atoms with Gasteiger partial charge in [-0.15, -0.1) is 16.4 Å². The molecule has 0 fully saturated rings. The van der Waals surface area contributed by atoms with E-state index in [-0.39, 0.29) is 11.4 Å². The number of hydrogen-bond donors (Lipinski definition) is 2. The molecule has 0 radical (unpaired) electrons. The third-order valence-corrected chi connectivity index (χ3v) is 5.96. The Kier molecular flexibility index (Phi) is 6.86. The monoisotopic (exact) mass is 462 g/mol. The molecule has 8 heteroatoms. The first-order valence-electron chi connectivity index (χ1n) is 10.7. The zero-order valence-corrected chi connectivity index (χ0v) is 19.6. The van der Waals surface area contributed by atoms with Gasteiger partial charge in [0.05, 0.1) is 12.3 Å². The van der Waals surface area contributed by atoms with Gasteiger partial charge in [-0.25, -0.2) is 14.5 Å². The number of thiophene rings is 1. The summed E-state index contributed by atoms with van der Waals surface area (Å²) in [6.45, 7) is 4.82. The second-order valence-electron chi connectivity index (χ2n) is 8.16. The molecule has 0 aliphatic carbocycles. The number of anilines is 2. The van der Waals surface area contributed by atoms with E-state index >= 15 is 0 Å². The normalized spacial score (nSPS) is 11.2. The lowest BCUT2D eigenvalue weighted by molar-refractivity contribution is 0.0697. The molecule has 0 saturated carbocycles. The number of benzene rings is 1. The minimum absolute atomic E-state index is 0.1000. The average Bonchev–Trinajstić information content (AvgIpc) is 3.44. The number of carbonyl (C=O) groups is 1. The van der Waals surface area contributed by atoms with Crippen LogP contribution in [0.25, 0.3) is 16.1 Å². The van der Waals surface area contributed by atoms with Crippen molar-refractivity contribution in [2.45, 2.75) is 26.9 Å². The third-order valence-electron chi connectivity index (χ3n) is 5.04. The van der Waals surface area contributed by atoms with Gasteiger partial charge in [0.1, 0.15) is 11.4 Å². The van der Waals surface area contributed by atoms with Gasteiger partial charge >= 0.3 is 5.97 Å². The fraction of sp³-hybridized carbons (Fsp3) is 0.240. The van der Waals surface area contributed by atoms with Crippen LogP contribution in [0.5, 0.6) is 0 Å². The van der Waals surface area contributed by atoms with Crippen LogP contribution in [0.3, 0.4) is 0 Å². The third kappa shape index (κ3) is 5.30. The lowest BCUT2D eigenvalue weighted by Crippen LogP contribution is -2.07. The molecular weight excluding hydrogens is 436 g/mol. The van der Waals surface area contributed by atoms with E-state index in [1.54, 1.807) is 30.7 Å². The smallest absolute Gasteiger partial charge is 0.339 e. The van der Waals surface area contributed by atoms with Crippen molar-refractivity contribution in [2.24, 2.45) is 5.92 Å². The lowest BCUT2D eigenvalue weighted by atomic mass is 10.1. The predicted octanol–water partition coefficient (Wildman–Crippen LogP) is 5.78. The van der Waals surface area contributed by atoms with Crippen LogP contribution in [0.4, 0.5) is 11.6 Å². The lowest BCUT2D eigenvalue weighted by Gasteiger charge is -2.10. The summed E-state index contributed by atoms with van der Waals surface area (Å²) in [5.41, 5.74) is 3.87. The van der Waals surface area contributed by atoms with E-state index in [4.69, 9.17) is 9.84 Å². The molecule has 3 aromatic heterocycles. The Morgan fingerprint density at radius 1 is 1.21 bits per heavy atom. The van der Waals surface area contributed by atoms with Gasteiger partial charge in [-0.1, -0.05) is 32.0 Å². The van der Waals surface area contributed by atoms with Crippen LogP contribution in [0.1, 0.15) is 35.5 Å². The minimum atomic E-state index is -1.04. The van der Waals surface area contributed by atoms with Crippen LogP contribution >= 0.6 is 11.3 Å². The Labute approximate surface area is 196 Å². The molecule has 0 saturated heterocycles. The quantitative estimate of drug-likeness (QED) is 0.328. The molecule has 0 aliphatic rings. The summed E-state index contributed by atoms with van der Waals surface area (Å²) in [6, 6.07) is 15.5. The van der Waals surface area contributed by atoms with Crippen molar-refractivity contribution in [3.05, 3.63) is 76.9 Å². The molecule has 2 N–H and O–H groups in total. The first-order valence-corrected chi connectivity index (χ1v) is 11.5. The number of aromatic nitrogens is 3. The first kappa shape index (κ1) is 22.7. The number of nitrogens with one attached hydrogen (secondary N) is 1. The van der Waals surface area contributed by atoms with Crippen LogP contribution in [0.2, 0.25) is 0 Å². The number of ether oxygens (including phenoxy) is 1. The first-order chi connectivity index (χ1) is 15.9. The molecule has 0 amide bonds. The SMILES string of the molecule is COCc1cccc(-n2nc(Nc3ncc(-c4cccs4)cc3C(=O)O)cc2CC(C)C)c1. The molecule has 4 aromatic rings. The topological polar surface area (TPSA) is 89.3 Å².